The Morgan fingerprint density at radius 2 is 1.86 bits per heavy atom. The summed E-state index contributed by atoms with van der Waals surface area (Å²) >= 11 is 0. The third kappa shape index (κ3) is 5.13. The number of aromatic nitrogens is 5. The first-order valence-electron chi connectivity index (χ1n) is 12.4. The molecule has 5 rings (SSSR count). The first kappa shape index (κ1) is 25.1. The molecule has 1 saturated heterocycles. The monoisotopic (exact) mass is 517 g/mol. The van der Waals surface area contributed by atoms with Gasteiger partial charge in [0.2, 0.25) is 0 Å². The lowest BCUT2D eigenvalue weighted by Crippen LogP contribution is -2.45. The topological polar surface area (TPSA) is 127 Å². The fourth-order valence-corrected chi connectivity index (χ4v) is 5.19. The van der Waals surface area contributed by atoms with Gasteiger partial charge in [-0.1, -0.05) is 0 Å². The molecule has 3 aromatic heterocycles. The van der Waals surface area contributed by atoms with E-state index in [1.165, 1.54) is 21.6 Å². The Morgan fingerprint density at radius 3 is 2.51 bits per heavy atom. The fourth-order valence-electron chi connectivity index (χ4n) is 5.19. The van der Waals surface area contributed by atoms with Gasteiger partial charge in [-0.05, 0) is 45.6 Å². The van der Waals surface area contributed by atoms with Gasteiger partial charge in [-0.25, -0.2) is 18.3 Å². The number of ether oxygens (including phenoxy) is 1. The molecule has 1 aliphatic heterocycles. The molecule has 4 heterocycles. The Morgan fingerprint density at radius 1 is 1.16 bits per heavy atom. The number of fused-ring (bicyclic) bond motifs is 1. The van der Waals surface area contributed by atoms with Crippen molar-refractivity contribution in [3.63, 3.8) is 0 Å². The lowest BCUT2D eigenvalue weighted by atomic mass is 9.86. The van der Waals surface area contributed by atoms with Crippen LogP contribution in [-0.2, 0) is 9.53 Å². The van der Waals surface area contributed by atoms with Crippen molar-refractivity contribution in [2.24, 2.45) is 5.92 Å². The molecule has 37 heavy (non-hydrogen) atoms. The van der Waals surface area contributed by atoms with Crippen LogP contribution in [0.4, 0.5) is 20.3 Å². The molecular weight excluding hydrogens is 488 g/mol. The molecule has 2 aliphatic rings. The van der Waals surface area contributed by atoms with Gasteiger partial charge in [-0.3, -0.25) is 14.3 Å². The average Bonchev–Trinajstić information content (AvgIpc) is 3.47. The van der Waals surface area contributed by atoms with Gasteiger partial charge >= 0.3 is 5.97 Å². The summed E-state index contributed by atoms with van der Waals surface area (Å²) in [7, 11) is 0. The van der Waals surface area contributed by atoms with Crippen molar-refractivity contribution < 1.29 is 28.2 Å². The summed E-state index contributed by atoms with van der Waals surface area (Å²) in [4.78, 5) is 31.1. The molecule has 0 aromatic carbocycles. The number of carboxylic acids is 1. The Kier molecular flexibility index (Phi) is 6.80. The van der Waals surface area contributed by atoms with E-state index in [0.717, 1.165) is 0 Å². The predicted molar refractivity (Wildman–Crippen MR) is 129 cm³/mol. The van der Waals surface area contributed by atoms with Gasteiger partial charge in [0.25, 0.3) is 12.3 Å². The lowest BCUT2D eigenvalue weighted by molar-refractivity contribution is -0.143. The van der Waals surface area contributed by atoms with E-state index in [2.05, 4.69) is 25.4 Å². The highest BCUT2D eigenvalue weighted by atomic mass is 19.3. The highest BCUT2D eigenvalue weighted by Gasteiger charge is 2.30. The van der Waals surface area contributed by atoms with Crippen LogP contribution >= 0.6 is 0 Å². The number of anilines is 2. The minimum Gasteiger partial charge on any atom is -0.481 e. The molecule has 0 unspecified atom stereocenters. The third-order valence-corrected chi connectivity index (χ3v) is 6.98. The Labute approximate surface area is 211 Å². The molecule has 2 N–H and O–H groups in total. The molecule has 2 fully saturated rings. The van der Waals surface area contributed by atoms with Crippen molar-refractivity contribution in [1.82, 2.24) is 24.4 Å². The smallest absolute Gasteiger partial charge is 0.306 e. The standard InChI is InChI=1S/C24H29F2N7O4/c1-13-10-31(11-14(2)37-13)19-7-8-32-22(29-19)17(9-27-32)23(34)28-18-12-33(30-20(18)21(25)26)16-5-3-15(4-6-16)24(35)36/h7-9,12-16,21H,3-6,10-11H2,1-2H3,(H,28,34)(H,35,36)/t13-,14+,15?,16?. The maximum atomic E-state index is 13.8. The van der Waals surface area contributed by atoms with Crippen molar-refractivity contribution in [1.29, 1.82) is 0 Å². The number of morpholine rings is 1. The SMILES string of the molecule is C[C@@H]1CN(c2ccn3ncc(C(=O)Nc4cn(C5CCC(C(=O)O)CC5)nc4C(F)F)c3n2)C[C@H](C)O1. The van der Waals surface area contributed by atoms with Crippen LogP contribution in [0.25, 0.3) is 5.65 Å². The zero-order chi connectivity index (χ0) is 26.3. The second kappa shape index (κ2) is 10.0. The quantitative estimate of drug-likeness (QED) is 0.508. The summed E-state index contributed by atoms with van der Waals surface area (Å²) in [6, 6.07) is 1.60. The van der Waals surface area contributed by atoms with Gasteiger partial charge in [0.1, 0.15) is 11.4 Å². The molecule has 0 spiro atoms. The van der Waals surface area contributed by atoms with Crippen LogP contribution in [0.1, 0.15) is 68.0 Å². The summed E-state index contributed by atoms with van der Waals surface area (Å²) in [6.07, 6.45) is 3.52. The molecule has 1 aliphatic carbocycles. The summed E-state index contributed by atoms with van der Waals surface area (Å²) < 4.78 is 36.3. The predicted octanol–water partition coefficient (Wildman–Crippen LogP) is 3.55. The van der Waals surface area contributed by atoms with E-state index in [9.17, 15) is 23.5 Å². The molecule has 13 heteroatoms. The number of amides is 1. The van der Waals surface area contributed by atoms with Crippen molar-refractivity contribution in [2.45, 2.75) is 64.2 Å². The van der Waals surface area contributed by atoms with Crippen LogP contribution in [0, 0.1) is 5.92 Å². The summed E-state index contributed by atoms with van der Waals surface area (Å²) in [5.41, 5.74) is -0.173. The summed E-state index contributed by atoms with van der Waals surface area (Å²) in [5, 5.41) is 20.0. The number of halogens is 2. The zero-order valence-electron chi connectivity index (χ0n) is 20.5. The Balaban J connectivity index is 1.37. The second-order valence-electron chi connectivity index (χ2n) is 9.78. The third-order valence-electron chi connectivity index (χ3n) is 6.98. The number of hydrogen-bond donors (Lipinski definition) is 2. The molecule has 2 atom stereocenters. The van der Waals surface area contributed by atoms with E-state index in [-0.39, 0.29) is 29.5 Å². The van der Waals surface area contributed by atoms with Gasteiger partial charge in [0.15, 0.2) is 11.3 Å². The van der Waals surface area contributed by atoms with Crippen LogP contribution in [0.2, 0.25) is 0 Å². The molecule has 0 bridgehead atoms. The number of hydrogen-bond acceptors (Lipinski definition) is 7. The largest absolute Gasteiger partial charge is 0.481 e. The number of aliphatic carboxylic acids is 1. The average molecular weight is 518 g/mol. The van der Waals surface area contributed by atoms with Crippen molar-refractivity contribution in [3.05, 3.63) is 35.9 Å². The van der Waals surface area contributed by atoms with Crippen LogP contribution in [0.15, 0.2) is 24.7 Å². The molecule has 3 aromatic rings. The highest BCUT2D eigenvalue weighted by molar-refractivity contribution is 6.08. The molecule has 11 nitrogen and oxygen atoms in total. The first-order valence-corrected chi connectivity index (χ1v) is 12.4. The minimum atomic E-state index is -2.90. The van der Waals surface area contributed by atoms with E-state index in [0.29, 0.717) is 50.2 Å². The van der Waals surface area contributed by atoms with Gasteiger partial charge in [0.05, 0.1) is 36.1 Å². The molecule has 1 amide bonds. The normalized spacial score (nSPS) is 24.5. The van der Waals surface area contributed by atoms with Crippen molar-refractivity contribution in [3.8, 4) is 0 Å². The van der Waals surface area contributed by atoms with Crippen LogP contribution in [0.5, 0.6) is 0 Å². The maximum absolute atomic E-state index is 13.8. The fraction of sp³-hybridized carbons (Fsp3) is 0.542. The van der Waals surface area contributed by atoms with Crippen LogP contribution < -0.4 is 10.2 Å². The number of alkyl halides is 2. The maximum Gasteiger partial charge on any atom is 0.306 e. The lowest BCUT2D eigenvalue weighted by Gasteiger charge is -2.36. The van der Waals surface area contributed by atoms with Gasteiger partial charge in [-0.2, -0.15) is 10.2 Å². The second-order valence-corrected chi connectivity index (χ2v) is 9.78. The molecule has 1 saturated carbocycles. The van der Waals surface area contributed by atoms with Crippen molar-refractivity contribution in [2.75, 3.05) is 23.3 Å². The van der Waals surface area contributed by atoms with Gasteiger partial charge < -0.3 is 20.1 Å². The number of nitrogens with one attached hydrogen (secondary N) is 1. The van der Waals surface area contributed by atoms with E-state index >= 15 is 0 Å². The molecule has 0 radical (unpaired) electrons. The number of carbonyl (C=O) groups excluding carboxylic acids is 1. The molecular formula is C24H29F2N7O4. The summed E-state index contributed by atoms with van der Waals surface area (Å²) in [5.74, 6) is -1.23. The zero-order valence-corrected chi connectivity index (χ0v) is 20.5. The van der Waals surface area contributed by atoms with E-state index in [4.69, 9.17) is 4.74 Å². The number of nitrogens with zero attached hydrogens (tertiary/aromatic N) is 6. The van der Waals surface area contributed by atoms with Crippen molar-refractivity contribution >= 4 is 29.0 Å². The number of rotatable bonds is 6. The van der Waals surface area contributed by atoms with E-state index in [1.54, 1.807) is 6.20 Å². The van der Waals surface area contributed by atoms with E-state index in [1.807, 2.05) is 19.9 Å². The minimum absolute atomic E-state index is 0.0259. The van der Waals surface area contributed by atoms with Gasteiger partial charge in [-0.15, -0.1) is 0 Å². The Bertz CT molecular complexity index is 1290. The van der Waals surface area contributed by atoms with E-state index < -0.39 is 29.9 Å². The first-order chi connectivity index (χ1) is 17.7. The van der Waals surface area contributed by atoms with Gasteiger partial charge in [0, 0.05) is 25.5 Å². The Hall–Kier alpha value is -3.61. The summed E-state index contributed by atoms with van der Waals surface area (Å²) in [6.45, 7) is 5.26. The van der Waals surface area contributed by atoms with Crippen LogP contribution in [0.3, 0.4) is 0 Å². The molecule has 198 valence electrons. The number of carbonyl (C=O) groups is 2. The highest BCUT2D eigenvalue weighted by Crippen LogP contribution is 2.35. The number of carboxylic acid groups (broad SMARTS) is 1. The van der Waals surface area contributed by atoms with Crippen LogP contribution in [-0.4, -0.2) is 66.7 Å².